The summed E-state index contributed by atoms with van der Waals surface area (Å²) in [5, 5.41) is 1.15. The molecule has 2 N–H and O–H groups in total. The first kappa shape index (κ1) is 22.3. The molecule has 4 rings (SSSR count). The van der Waals surface area contributed by atoms with Crippen molar-refractivity contribution < 1.29 is 0 Å². The number of nitrogens with zero attached hydrogens (tertiary/aromatic N) is 6. The van der Waals surface area contributed by atoms with Crippen molar-refractivity contribution in [3.8, 4) is 0 Å². The van der Waals surface area contributed by atoms with E-state index in [0.717, 1.165) is 19.3 Å². The normalized spacial score (nSPS) is 14.9. The number of rotatable bonds is 7. The van der Waals surface area contributed by atoms with Crippen LogP contribution in [0.1, 0.15) is 50.1 Å². The summed E-state index contributed by atoms with van der Waals surface area (Å²) in [5.41, 5.74) is 8.03. The molecule has 1 aliphatic rings. The van der Waals surface area contributed by atoms with Crippen LogP contribution >= 0.6 is 11.8 Å². The quantitative estimate of drug-likeness (QED) is 0.327. The molecule has 0 saturated carbocycles. The third kappa shape index (κ3) is 4.93. The number of anilines is 2. The van der Waals surface area contributed by atoms with Gasteiger partial charge in [0, 0.05) is 20.6 Å². The van der Waals surface area contributed by atoms with Gasteiger partial charge < -0.3 is 10.6 Å². The molecule has 8 nitrogen and oxygen atoms in total. The van der Waals surface area contributed by atoms with E-state index in [1.165, 1.54) is 30.2 Å². The molecule has 0 fully saturated rings. The molecule has 2 aromatic heterocycles. The SMILES string of the molecule is C[C@H](Sc1nc2ccccc2c(=O)n1CCC1=CCCCC1)c1nc(N)nc(N(C)C)n1. The number of thioether (sulfide) groups is 1. The Labute approximate surface area is 192 Å². The molecule has 1 aliphatic carbocycles. The first-order chi connectivity index (χ1) is 15.4. The number of allylic oxidation sites excluding steroid dienone is 2. The standard InChI is InChI=1S/C23H29N7OS/c1-15(19-26-21(24)28-22(27-19)29(2)3)32-23-25-18-12-8-7-11-17(18)20(31)30(23)14-13-16-9-5-4-6-10-16/h7-9,11-12,15H,4-6,10,13-14H2,1-3H3,(H2,24,26,27,28)/t15-/m0/s1. The molecule has 3 aromatic rings. The van der Waals surface area contributed by atoms with Crippen LogP contribution in [0.3, 0.4) is 0 Å². The van der Waals surface area contributed by atoms with Crippen molar-refractivity contribution in [3.63, 3.8) is 0 Å². The lowest BCUT2D eigenvalue weighted by Gasteiger charge is -2.18. The maximum atomic E-state index is 13.4. The molecule has 0 saturated heterocycles. The molecule has 0 aliphatic heterocycles. The molecule has 1 aromatic carbocycles. The monoisotopic (exact) mass is 451 g/mol. The highest BCUT2D eigenvalue weighted by atomic mass is 32.2. The Morgan fingerprint density at radius 3 is 2.72 bits per heavy atom. The highest BCUT2D eigenvalue weighted by Crippen LogP contribution is 2.33. The molecule has 2 heterocycles. The van der Waals surface area contributed by atoms with Gasteiger partial charge in [-0.25, -0.2) is 4.98 Å². The Morgan fingerprint density at radius 1 is 1.16 bits per heavy atom. The van der Waals surface area contributed by atoms with Crippen molar-refractivity contribution in [1.29, 1.82) is 0 Å². The molecule has 32 heavy (non-hydrogen) atoms. The highest BCUT2D eigenvalue weighted by molar-refractivity contribution is 7.99. The third-order valence-electron chi connectivity index (χ3n) is 5.57. The number of hydrogen-bond donors (Lipinski definition) is 1. The van der Waals surface area contributed by atoms with E-state index in [9.17, 15) is 4.79 Å². The Bertz CT molecular complexity index is 1200. The Balaban J connectivity index is 1.69. The van der Waals surface area contributed by atoms with Gasteiger partial charge in [-0.15, -0.1) is 0 Å². The first-order valence-corrected chi connectivity index (χ1v) is 11.8. The molecule has 0 spiro atoms. The van der Waals surface area contributed by atoms with E-state index < -0.39 is 0 Å². The maximum Gasteiger partial charge on any atom is 0.262 e. The fourth-order valence-electron chi connectivity index (χ4n) is 3.81. The Kier molecular flexibility index (Phi) is 6.74. The smallest absolute Gasteiger partial charge is 0.262 e. The largest absolute Gasteiger partial charge is 0.368 e. The van der Waals surface area contributed by atoms with Crippen LogP contribution in [0.5, 0.6) is 0 Å². The minimum atomic E-state index is -0.160. The van der Waals surface area contributed by atoms with E-state index in [-0.39, 0.29) is 16.8 Å². The van der Waals surface area contributed by atoms with Crippen LogP contribution in [0.25, 0.3) is 10.9 Å². The summed E-state index contributed by atoms with van der Waals surface area (Å²) >= 11 is 1.47. The van der Waals surface area contributed by atoms with E-state index in [2.05, 4.69) is 21.0 Å². The Hall–Kier alpha value is -2.94. The molecular weight excluding hydrogens is 422 g/mol. The number of nitrogens with two attached hydrogens (primary N) is 1. The van der Waals surface area contributed by atoms with Gasteiger partial charge in [0.15, 0.2) is 5.16 Å². The molecule has 0 unspecified atom stereocenters. The molecule has 9 heteroatoms. The average Bonchev–Trinajstić information content (AvgIpc) is 2.79. The molecule has 1 atom stereocenters. The number of para-hydroxylation sites is 1. The van der Waals surface area contributed by atoms with Crippen molar-refractivity contribution in [2.45, 2.75) is 56.0 Å². The summed E-state index contributed by atoms with van der Waals surface area (Å²) in [6.07, 6.45) is 7.92. The van der Waals surface area contributed by atoms with E-state index in [1.54, 1.807) is 9.47 Å². The van der Waals surface area contributed by atoms with Gasteiger partial charge in [-0.2, -0.15) is 15.0 Å². The lowest BCUT2D eigenvalue weighted by Crippen LogP contribution is -2.24. The number of nitrogen functional groups attached to an aromatic ring is 1. The second-order valence-electron chi connectivity index (χ2n) is 8.23. The van der Waals surface area contributed by atoms with Gasteiger partial charge >= 0.3 is 0 Å². The molecular formula is C23H29N7OS. The zero-order valence-electron chi connectivity index (χ0n) is 18.8. The van der Waals surface area contributed by atoms with Gasteiger partial charge in [0.2, 0.25) is 11.9 Å². The van der Waals surface area contributed by atoms with Gasteiger partial charge in [-0.05, 0) is 51.2 Å². The second kappa shape index (κ2) is 9.68. The lowest BCUT2D eigenvalue weighted by atomic mass is 9.97. The summed E-state index contributed by atoms with van der Waals surface area (Å²) < 4.78 is 1.80. The number of hydrogen-bond acceptors (Lipinski definition) is 8. The predicted molar refractivity (Wildman–Crippen MR) is 130 cm³/mol. The predicted octanol–water partition coefficient (Wildman–Crippen LogP) is 3.97. The number of fused-ring (bicyclic) bond motifs is 1. The molecule has 0 bridgehead atoms. The molecule has 0 amide bonds. The van der Waals surface area contributed by atoms with Crippen molar-refractivity contribution in [2.24, 2.45) is 0 Å². The van der Waals surface area contributed by atoms with Crippen molar-refractivity contribution in [2.75, 3.05) is 24.7 Å². The molecule has 168 valence electrons. The summed E-state index contributed by atoms with van der Waals surface area (Å²) in [6.45, 7) is 2.61. The minimum Gasteiger partial charge on any atom is -0.368 e. The van der Waals surface area contributed by atoms with E-state index >= 15 is 0 Å². The van der Waals surface area contributed by atoms with E-state index in [1.807, 2.05) is 45.3 Å². The topological polar surface area (TPSA) is 103 Å². The van der Waals surface area contributed by atoms with Crippen LogP contribution in [0, 0.1) is 0 Å². The third-order valence-corrected chi connectivity index (χ3v) is 6.66. The fraction of sp³-hybridized carbons (Fsp3) is 0.435. The van der Waals surface area contributed by atoms with Gasteiger partial charge in [-0.3, -0.25) is 9.36 Å². The van der Waals surface area contributed by atoms with Crippen LogP contribution in [0.2, 0.25) is 0 Å². The minimum absolute atomic E-state index is 0.00847. The van der Waals surface area contributed by atoms with Crippen LogP contribution in [0.15, 0.2) is 45.9 Å². The van der Waals surface area contributed by atoms with Gasteiger partial charge in [-0.1, -0.05) is 35.5 Å². The number of benzene rings is 1. The summed E-state index contributed by atoms with van der Waals surface area (Å²) in [7, 11) is 3.72. The fourth-order valence-corrected chi connectivity index (χ4v) is 4.79. The van der Waals surface area contributed by atoms with Gasteiger partial charge in [0.05, 0.1) is 16.2 Å². The van der Waals surface area contributed by atoms with Crippen LogP contribution in [0.4, 0.5) is 11.9 Å². The van der Waals surface area contributed by atoms with Crippen LogP contribution in [-0.4, -0.2) is 38.6 Å². The van der Waals surface area contributed by atoms with Crippen molar-refractivity contribution >= 4 is 34.6 Å². The lowest BCUT2D eigenvalue weighted by molar-refractivity contribution is 0.568. The summed E-state index contributed by atoms with van der Waals surface area (Å²) in [4.78, 5) is 33.0. The van der Waals surface area contributed by atoms with E-state index in [0.29, 0.717) is 34.4 Å². The maximum absolute atomic E-state index is 13.4. The van der Waals surface area contributed by atoms with E-state index in [4.69, 9.17) is 10.7 Å². The van der Waals surface area contributed by atoms with Crippen molar-refractivity contribution in [3.05, 3.63) is 52.1 Å². The Morgan fingerprint density at radius 2 is 1.97 bits per heavy atom. The van der Waals surface area contributed by atoms with Gasteiger partial charge in [0.1, 0.15) is 5.82 Å². The number of aromatic nitrogens is 5. The zero-order valence-corrected chi connectivity index (χ0v) is 19.6. The average molecular weight is 452 g/mol. The second-order valence-corrected chi connectivity index (χ2v) is 9.54. The van der Waals surface area contributed by atoms with Gasteiger partial charge in [0.25, 0.3) is 5.56 Å². The van der Waals surface area contributed by atoms with Crippen molar-refractivity contribution in [1.82, 2.24) is 24.5 Å². The zero-order chi connectivity index (χ0) is 22.7. The summed E-state index contributed by atoms with van der Waals surface area (Å²) in [6, 6.07) is 7.50. The first-order valence-electron chi connectivity index (χ1n) is 11.0. The summed E-state index contributed by atoms with van der Waals surface area (Å²) in [5.74, 6) is 1.25. The molecule has 0 radical (unpaired) electrons. The van der Waals surface area contributed by atoms with Crippen LogP contribution < -0.4 is 16.2 Å². The van der Waals surface area contributed by atoms with Crippen LogP contribution in [-0.2, 0) is 6.54 Å². The highest BCUT2D eigenvalue weighted by Gasteiger charge is 2.19.